The van der Waals surface area contributed by atoms with E-state index in [4.69, 9.17) is 4.74 Å². The molecule has 23 heavy (non-hydrogen) atoms. The van der Waals surface area contributed by atoms with Gasteiger partial charge in [-0.3, -0.25) is 14.4 Å². The number of fused-ring (bicyclic) bond motifs is 1. The van der Waals surface area contributed by atoms with Crippen molar-refractivity contribution in [3.63, 3.8) is 0 Å². The lowest BCUT2D eigenvalue weighted by Gasteiger charge is -2.21. The molecule has 2 aromatic heterocycles. The maximum atomic E-state index is 12.3. The van der Waals surface area contributed by atoms with Crippen LogP contribution in [0, 0.1) is 5.92 Å². The van der Waals surface area contributed by atoms with Gasteiger partial charge < -0.3 is 10.1 Å². The summed E-state index contributed by atoms with van der Waals surface area (Å²) in [6, 6.07) is 0.462. The van der Waals surface area contributed by atoms with Crippen molar-refractivity contribution in [2.45, 2.75) is 18.6 Å². The second-order valence-electron chi connectivity index (χ2n) is 6.17. The summed E-state index contributed by atoms with van der Waals surface area (Å²) >= 11 is 1.43. The Morgan fingerprint density at radius 2 is 2.43 bits per heavy atom. The molecule has 0 aliphatic carbocycles. The first kappa shape index (κ1) is 14.8. The average Bonchev–Trinajstić information content (AvgIpc) is 3.28. The summed E-state index contributed by atoms with van der Waals surface area (Å²) in [5.41, 5.74) is 3.36. The van der Waals surface area contributed by atoms with Crippen LogP contribution in [0.3, 0.4) is 0 Å². The van der Waals surface area contributed by atoms with Crippen molar-refractivity contribution >= 4 is 17.2 Å². The van der Waals surface area contributed by atoms with E-state index in [1.807, 2.05) is 24.1 Å². The number of hydrogen-bond acceptors (Lipinski definition) is 6. The van der Waals surface area contributed by atoms with Crippen molar-refractivity contribution in [3.05, 3.63) is 34.5 Å². The minimum absolute atomic E-state index is 0.0925. The van der Waals surface area contributed by atoms with Crippen LogP contribution in [0.1, 0.15) is 16.1 Å². The van der Waals surface area contributed by atoms with E-state index in [0.29, 0.717) is 24.3 Å². The van der Waals surface area contributed by atoms with Crippen LogP contribution < -0.4 is 5.32 Å². The summed E-state index contributed by atoms with van der Waals surface area (Å²) in [6.45, 7) is 3.11. The van der Waals surface area contributed by atoms with E-state index in [0.717, 1.165) is 19.7 Å². The summed E-state index contributed by atoms with van der Waals surface area (Å²) < 4.78 is 7.47. The van der Waals surface area contributed by atoms with Gasteiger partial charge >= 0.3 is 0 Å². The van der Waals surface area contributed by atoms with Gasteiger partial charge in [-0.05, 0) is 0 Å². The molecule has 4 heterocycles. The Kier molecular flexibility index (Phi) is 3.88. The summed E-state index contributed by atoms with van der Waals surface area (Å²) in [7, 11) is 1.92. The van der Waals surface area contributed by atoms with Gasteiger partial charge in [0.2, 0.25) is 0 Å². The van der Waals surface area contributed by atoms with Gasteiger partial charge in [0.15, 0.2) is 0 Å². The molecule has 0 aromatic carbocycles. The summed E-state index contributed by atoms with van der Waals surface area (Å²) in [6.07, 6.45) is 3.93. The number of carbonyl (C=O) groups excluding carboxylic acids is 1. The number of hydrogen-bond donors (Lipinski definition) is 1. The number of thiazole rings is 1. The molecule has 0 unspecified atom stereocenters. The van der Waals surface area contributed by atoms with Gasteiger partial charge in [0, 0.05) is 55.3 Å². The smallest absolute Gasteiger partial charge is 0.271 e. The third kappa shape index (κ3) is 2.89. The standard InChI is InChI=1S/C15H19N5O2S/c1-19-3-10(2-17-19)4-20-5-12(11-6-22-7-14(11)20)18-15(21)13-8-23-9-16-13/h2-3,8-9,11-12,14H,4-7H2,1H3,(H,18,21)/t11-,12-,14-/m1/s1. The highest BCUT2D eigenvalue weighted by Gasteiger charge is 2.45. The van der Waals surface area contributed by atoms with E-state index in [1.54, 1.807) is 10.9 Å². The lowest BCUT2D eigenvalue weighted by atomic mass is 10.00. The third-order valence-corrected chi connectivity index (χ3v) is 5.22. The number of aryl methyl sites for hydroxylation is 1. The van der Waals surface area contributed by atoms with Crippen molar-refractivity contribution < 1.29 is 9.53 Å². The number of ether oxygens (including phenoxy) is 1. The second-order valence-corrected chi connectivity index (χ2v) is 6.89. The zero-order chi connectivity index (χ0) is 15.8. The number of nitrogens with one attached hydrogen (secondary N) is 1. The van der Waals surface area contributed by atoms with Gasteiger partial charge in [0.25, 0.3) is 5.91 Å². The molecule has 122 valence electrons. The van der Waals surface area contributed by atoms with Crippen LogP contribution in [0.4, 0.5) is 0 Å². The monoisotopic (exact) mass is 333 g/mol. The van der Waals surface area contributed by atoms with Crippen molar-refractivity contribution in [2.24, 2.45) is 13.0 Å². The van der Waals surface area contributed by atoms with Crippen molar-refractivity contribution in [2.75, 3.05) is 19.8 Å². The van der Waals surface area contributed by atoms with Gasteiger partial charge in [-0.15, -0.1) is 11.3 Å². The van der Waals surface area contributed by atoms with Crippen molar-refractivity contribution in [1.29, 1.82) is 0 Å². The molecule has 0 spiro atoms. The number of amides is 1. The Labute approximate surface area is 138 Å². The van der Waals surface area contributed by atoms with Crippen LogP contribution in [-0.2, 0) is 18.3 Å². The van der Waals surface area contributed by atoms with E-state index in [9.17, 15) is 4.79 Å². The minimum Gasteiger partial charge on any atom is -0.379 e. The first-order valence-corrected chi connectivity index (χ1v) is 8.63. The van der Waals surface area contributed by atoms with Crippen LogP contribution in [0.5, 0.6) is 0 Å². The Bertz CT molecular complexity index is 686. The molecule has 1 amide bonds. The predicted molar refractivity (Wildman–Crippen MR) is 85.1 cm³/mol. The fourth-order valence-corrected chi connectivity index (χ4v) is 4.07. The van der Waals surface area contributed by atoms with E-state index in [2.05, 4.69) is 20.3 Å². The molecule has 0 saturated carbocycles. The molecule has 0 radical (unpaired) electrons. The molecule has 7 nitrogen and oxygen atoms in total. The molecular formula is C15H19N5O2S. The van der Waals surface area contributed by atoms with E-state index in [-0.39, 0.29) is 11.9 Å². The first-order chi connectivity index (χ1) is 11.2. The number of nitrogens with zero attached hydrogens (tertiary/aromatic N) is 4. The van der Waals surface area contributed by atoms with Crippen LogP contribution in [0.25, 0.3) is 0 Å². The van der Waals surface area contributed by atoms with Crippen LogP contribution in [0.15, 0.2) is 23.3 Å². The predicted octanol–water partition coefficient (Wildman–Crippen LogP) is 0.506. The fraction of sp³-hybridized carbons (Fsp3) is 0.533. The SMILES string of the molecule is Cn1cc(CN2C[C@@H](NC(=O)c3cscn3)[C@H]3COC[C@H]32)cn1. The largest absolute Gasteiger partial charge is 0.379 e. The lowest BCUT2D eigenvalue weighted by Crippen LogP contribution is -2.41. The van der Waals surface area contributed by atoms with Gasteiger partial charge in [0.1, 0.15) is 5.69 Å². The maximum Gasteiger partial charge on any atom is 0.271 e. The molecule has 8 heteroatoms. The molecule has 1 N–H and O–H groups in total. The third-order valence-electron chi connectivity index (χ3n) is 4.64. The molecule has 2 aliphatic rings. The normalized spacial score (nSPS) is 27.3. The van der Waals surface area contributed by atoms with Crippen LogP contribution >= 0.6 is 11.3 Å². The number of likely N-dealkylation sites (tertiary alicyclic amines) is 1. The Balaban J connectivity index is 1.45. The quantitative estimate of drug-likeness (QED) is 0.882. The summed E-state index contributed by atoms with van der Waals surface area (Å²) in [5, 5.41) is 9.14. The molecule has 2 fully saturated rings. The highest BCUT2D eigenvalue weighted by atomic mass is 32.1. The maximum absolute atomic E-state index is 12.3. The van der Waals surface area contributed by atoms with Crippen molar-refractivity contribution in [1.82, 2.24) is 25.0 Å². The summed E-state index contributed by atoms with van der Waals surface area (Å²) in [4.78, 5) is 18.8. The van der Waals surface area contributed by atoms with Gasteiger partial charge in [-0.1, -0.05) is 0 Å². The van der Waals surface area contributed by atoms with Crippen molar-refractivity contribution in [3.8, 4) is 0 Å². The molecular weight excluding hydrogens is 314 g/mol. The summed E-state index contributed by atoms with van der Waals surface area (Å²) in [5.74, 6) is 0.249. The molecule has 3 atom stereocenters. The molecule has 4 rings (SSSR count). The van der Waals surface area contributed by atoms with E-state index >= 15 is 0 Å². The average molecular weight is 333 g/mol. The fourth-order valence-electron chi connectivity index (χ4n) is 3.53. The Morgan fingerprint density at radius 1 is 1.52 bits per heavy atom. The van der Waals surface area contributed by atoms with E-state index in [1.165, 1.54) is 16.9 Å². The Morgan fingerprint density at radius 3 is 3.17 bits per heavy atom. The van der Waals surface area contributed by atoms with Gasteiger partial charge in [0.05, 0.1) is 24.9 Å². The minimum atomic E-state index is -0.0925. The van der Waals surface area contributed by atoms with E-state index < -0.39 is 0 Å². The van der Waals surface area contributed by atoms with Crippen LogP contribution in [0.2, 0.25) is 0 Å². The highest BCUT2D eigenvalue weighted by Crippen LogP contribution is 2.31. The zero-order valence-electron chi connectivity index (χ0n) is 12.9. The van der Waals surface area contributed by atoms with Gasteiger partial charge in [-0.25, -0.2) is 4.98 Å². The highest BCUT2D eigenvalue weighted by molar-refractivity contribution is 7.07. The molecule has 0 bridgehead atoms. The van der Waals surface area contributed by atoms with Gasteiger partial charge in [-0.2, -0.15) is 5.10 Å². The number of carbonyl (C=O) groups is 1. The molecule has 2 aliphatic heterocycles. The second kappa shape index (κ2) is 6.03. The Hall–Kier alpha value is -1.77. The number of rotatable bonds is 4. The van der Waals surface area contributed by atoms with Crippen LogP contribution in [-0.4, -0.2) is 57.4 Å². The molecule has 2 saturated heterocycles. The molecule has 2 aromatic rings. The topological polar surface area (TPSA) is 72.3 Å². The first-order valence-electron chi connectivity index (χ1n) is 7.69. The zero-order valence-corrected chi connectivity index (χ0v) is 13.7. The number of aromatic nitrogens is 3. The lowest BCUT2D eigenvalue weighted by molar-refractivity contribution is 0.0911.